The number of nitrogens with zero attached hydrogens (tertiary/aromatic N) is 1. The Morgan fingerprint density at radius 3 is 2.46 bits per heavy atom. The van der Waals surface area contributed by atoms with Crippen LogP contribution in [-0.4, -0.2) is 13.4 Å². The molecule has 1 N–H and O–H groups in total. The average Bonchev–Trinajstić information content (AvgIpc) is 2.69. The maximum Gasteiger partial charge on any atom is 0.261 e. The van der Waals surface area contributed by atoms with Crippen molar-refractivity contribution in [2.75, 3.05) is 4.72 Å². The second-order valence-corrected chi connectivity index (χ2v) is 8.59. The Labute approximate surface area is 154 Å². The van der Waals surface area contributed by atoms with Crippen LogP contribution in [0.4, 0.5) is 5.69 Å². The molecule has 0 amide bonds. The summed E-state index contributed by atoms with van der Waals surface area (Å²) in [5.74, 6) is 0.569. The van der Waals surface area contributed by atoms with Gasteiger partial charge in [-0.1, -0.05) is 43.5 Å². The van der Waals surface area contributed by atoms with Crippen LogP contribution in [0.3, 0.4) is 0 Å². The SMILES string of the molecule is O=S(=O)(Nc1cccc2cnccc12)c1ccc(C2CCCCC2)cc1. The van der Waals surface area contributed by atoms with Crippen molar-refractivity contribution in [2.24, 2.45) is 0 Å². The summed E-state index contributed by atoms with van der Waals surface area (Å²) in [4.78, 5) is 4.38. The highest BCUT2D eigenvalue weighted by molar-refractivity contribution is 7.92. The first-order valence-corrected chi connectivity index (χ1v) is 10.6. The van der Waals surface area contributed by atoms with Gasteiger partial charge in [0.05, 0.1) is 10.6 Å². The minimum atomic E-state index is -3.62. The quantitative estimate of drug-likeness (QED) is 0.700. The molecular formula is C21H22N2O2S. The van der Waals surface area contributed by atoms with E-state index in [9.17, 15) is 8.42 Å². The third-order valence-electron chi connectivity index (χ3n) is 5.19. The summed E-state index contributed by atoms with van der Waals surface area (Å²) in [6.45, 7) is 0. The molecule has 4 nitrogen and oxygen atoms in total. The van der Waals surface area contributed by atoms with Crippen molar-refractivity contribution in [1.29, 1.82) is 0 Å². The summed E-state index contributed by atoms with van der Waals surface area (Å²) in [5, 5.41) is 1.74. The van der Waals surface area contributed by atoms with Gasteiger partial charge in [0, 0.05) is 23.2 Å². The van der Waals surface area contributed by atoms with E-state index in [1.54, 1.807) is 30.6 Å². The number of sulfonamides is 1. The van der Waals surface area contributed by atoms with Crippen LogP contribution in [-0.2, 0) is 10.0 Å². The number of aromatic nitrogens is 1. The van der Waals surface area contributed by atoms with Crippen LogP contribution in [0.15, 0.2) is 65.8 Å². The largest absolute Gasteiger partial charge is 0.279 e. The van der Waals surface area contributed by atoms with Gasteiger partial charge in [-0.05, 0) is 48.6 Å². The van der Waals surface area contributed by atoms with Gasteiger partial charge in [-0.25, -0.2) is 8.42 Å². The summed E-state index contributed by atoms with van der Waals surface area (Å²) < 4.78 is 28.3. The molecule has 1 aliphatic rings. The monoisotopic (exact) mass is 366 g/mol. The van der Waals surface area contributed by atoms with Gasteiger partial charge in [0.1, 0.15) is 0 Å². The van der Waals surface area contributed by atoms with Crippen molar-refractivity contribution < 1.29 is 8.42 Å². The lowest BCUT2D eigenvalue weighted by atomic mass is 9.84. The van der Waals surface area contributed by atoms with Crippen molar-refractivity contribution in [3.63, 3.8) is 0 Å². The summed E-state index contributed by atoms with van der Waals surface area (Å²) in [6, 6.07) is 14.7. The zero-order valence-electron chi connectivity index (χ0n) is 14.6. The number of benzene rings is 2. The first-order chi connectivity index (χ1) is 12.6. The molecule has 0 radical (unpaired) electrons. The van der Waals surface area contributed by atoms with E-state index in [1.165, 1.54) is 37.7 Å². The van der Waals surface area contributed by atoms with Gasteiger partial charge >= 0.3 is 0 Å². The second kappa shape index (κ2) is 7.08. The number of hydrogen-bond acceptors (Lipinski definition) is 3. The molecular weight excluding hydrogens is 344 g/mol. The van der Waals surface area contributed by atoms with Crippen LogP contribution in [0.2, 0.25) is 0 Å². The molecule has 1 aromatic heterocycles. The molecule has 3 aromatic rings. The lowest BCUT2D eigenvalue weighted by molar-refractivity contribution is 0.443. The van der Waals surface area contributed by atoms with Crippen molar-refractivity contribution in [2.45, 2.75) is 42.9 Å². The standard InChI is InChI=1S/C21H22N2O2S/c24-26(25,23-21-8-4-7-18-15-22-14-13-20(18)21)19-11-9-17(10-12-19)16-5-2-1-3-6-16/h4,7-16,23H,1-3,5-6H2. The molecule has 1 aliphatic carbocycles. The number of fused-ring (bicyclic) bond motifs is 1. The minimum absolute atomic E-state index is 0.295. The molecule has 1 heterocycles. The Hall–Kier alpha value is -2.40. The summed E-state index contributed by atoms with van der Waals surface area (Å²) >= 11 is 0. The fraction of sp³-hybridized carbons (Fsp3) is 0.286. The van der Waals surface area contributed by atoms with Crippen LogP contribution < -0.4 is 4.72 Å². The molecule has 0 saturated heterocycles. The van der Waals surface area contributed by atoms with E-state index in [0.29, 0.717) is 16.5 Å². The zero-order chi connectivity index (χ0) is 18.0. The summed E-state index contributed by atoms with van der Waals surface area (Å²) in [6.07, 6.45) is 9.64. The predicted octanol–water partition coefficient (Wildman–Crippen LogP) is 5.08. The number of anilines is 1. The zero-order valence-corrected chi connectivity index (χ0v) is 15.4. The Kier molecular flexibility index (Phi) is 4.64. The Morgan fingerprint density at radius 1 is 0.923 bits per heavy atom. The Morgan fingerprint density at radius 2 is 1.69 bits per heavy atom. The van der Waals surface area contributed by atoms with Crippen LogP contribution in [0.1, 0.15) is 43.6 Å². The average molecular weight is 366 g/mol. The van der Waals surface area contributed by atoms with Crippen molar-refractivity contribution in [3.05, 3.63) is 66.5 Å². The van der Waals surface area contributed by atoms with Gasteiger partial charge in [0.25, 0.3) is 10.0 Å². The third-order valence-corrected chi connectivity index (χ3v) is 6.57. The molecule has 2 aromatic carbocycles. The summed E-state index contributed by atoms with van der Waals surface area (Å²) in [7, 11) is -3.62. The minimum Gasteiger partial charge on any atom is -0.279 e. The van der Waals surface area contributed by atoms with E-state index in [2.05, 4.69) is 9.71 Å². The highest BCUT2D eigenvalue weighted by Crippen LogP contribution is 2.33. The molecule has 26 heavy (non-hydrogen) atoms. The highest BCUT2D eigenvalue weighted by Gasteiger charge is 2.18. The highest BCUT2D eigenvalue weighted by atomic mass is 32.2. The van der Waals surface area contributed by atoms with Gasteiger partial charge in [0.2, 0.25) is 0 Å². The lowest BCUT2D eigenvalue weighted by Gasteiger charge is -2.22. The van der Waals surface area contributed by atoms with Crippen molar-refractivity contribution in [1.82, 2.24) is 4.98 Å². The van der Waals surface area contributed by atoms with Gasteiger partial charge in [-0.2, -0.15) is 0 Å². The van der Waals surface area contributed by atoms with Gasteiger partial charge in [0.15, 0.2) is 0 Å². The molecule has 0 unspecified atom stereocenters. The van der Waals surface area contributed by atoms with Gasteiger partial charge in [-0.15, -0.1) is 0 Å². The van der Waals surface area contributed by atoms with Crippen LogP contribution >= 0.6 is 0 Å². The lowest BCUT2D eigenvalue weighted by Crippen LogP contribution is -2.13. The topological polar surface area (TPSA) is 59.1 Å². The van der Waals surface area contributed by atoms with Crippen LogP contribution in [0.5, 0.6) is 0 Å². The number of rotatable bonds is 4. The predicted molar refractivity (Wildman–Crippen MR) is 105 cm³/mol. The molecule has 5 heteroatoms. The van der Waals surface area contributed by atoms with Crippen molar-refractivity contribution in [3.8, 4) is 0 Å². The third kappa shape index (κ3) is 3.44. The first kappa shape index (κ1) is 17.0. The molecule has 0 aliphatic heterocycles. The van der Waals surface area contributed by atoms with Gasteiger partial charge < -0.3 is 0 Å². The van der Waals surface area contributed by atoms with Crippen LogP contribution in [0.25, 0.3) is 10.8 Å². The normalized spacial score (nSPS) is 15.8. The number of pyridine rings is 1. The van der Waals surface area contributed by atoms with E-state index in [1.807, 2.05) is 30.3 Å². The maximum absolute atomic E-state index is 12.8. The Balaban J connectivity index is 1.60. The van der Waals surface area contributed by atoms with Crippen molar-refractivity contribution >= 4 is 26.5 Å². The number of hydrogen-bond donors (Lipinski definition) is 1. The maximum atomic E-state index is 12.8. The molecule has 134 valence electrons. The van der Waals surface area contributed by atoms with E-state index >= 15 is 0 Å². The molecule has 1 saturated carbocycles. The number of nitrogens with one attached hydrogen (secondary N) is 1. The smallest absolute Gasteiger partial charge is 0.261 e. The fourth-order valence-electron chi connectivity index (χ4n) is 3.77. The first-order valence-electron chi connectivity index (χ1n) is 9.09. The van der Waals surface area contributed by atoms with E-state index in [-0.39, 0.29) is 0 Å². The molecule has 0 spiro atoms. The second-order valence-electron chi connectivity index (χ2n) is 6.91. The van der Waals surface area contributed by atoms with Crippen LogP contribution in [0, 0.1) is 0 Å². The molecule has 0 bridgehead atoms. The Bertz CT molecular complexity index is 1000. The molecule has 0 atom stereocenters. The summed E-state index contributed by atoms with van der Waals surface area (Å²) in [5.41, 5.74) is 1.82. The molecule has 4 rings (SSSR count). The fourth-order valence-corrected chi connectivity index (χ4v) is 4.85. The van der Waals surface area contributed by atoms with E-state index in [4.69, 9.17) is 0 Å². The van der Waals surface area contributed by atoms with E-state index in [0.717, 1.165) is 10.8 Å². The molecule has 1 fully saturated rings. The van der Waals surface area contributed by atoms with E-state index < -0.39 is 10.0 Å². The van der Waals surface area contributed by atoms with Gasteiger partial charge in [-0.3, -0.25) is 9.71 Å².